The Hall–Kier alpha value is -1.43. The molecule has 0 aliphatic rings. The zero-order chi connectivity index (χ0) is 14.6. The number of sulfonamides is 1. The number of halogens is 1. The first-order valence-corrected chi connectivity index (χ1v) is 8.03. The summed E-state index contributed by atoms with van der Waals surface area (Å²) in [6, 6.07) is 10.4. The van der Waals surface area contributed by atoms with Crippen LogP contribution in [0.5, 0.6) is 0 Å². The molecule has 2 aromatic rings. The fraction of sp³-hybridized carbons (Fsp3) is 0.214. The molecule has 4 nitrogen and oxygen atoms in total. The normalized spacial score (nSPS) is 11.8. The average molecular weight is 311 g/mol. The summed E-state index contributed by atoms with van der Waals surface area (Å²) in [7, 11) is -1.78. The van der Waals surface area contributed by atoms with E-state index in [1.807, 2.05) is 0 Å². The van der Waals surface area contributed by atoms with Crippen molar-refractivity contribution >= 4 is 21.6 Å². The van der Waals surface area contributed by atoms with E-state index in [0.29, 0.717) is 11.6 Å². The lowest BCUT2D eigenvalue weighted by molar-refractivity contribution is 0.465. The van der Waals surface area contributed by atoms with Crippen molar-refractivity contribution in [2.24, 2.45) is 0 Å². The van der Waals surface area contributed by atoms with E-state index in [1.54, 1.807) is 55.8 Å². The third-order valence-corrected chi connectivity index (χ3v) is 4.92. The Morgan fingerprint density at radius 2 is 1.65 bits per heavy atom. The molecular weight excluding hydrogens is 296 g/mol. The smallest absolute Gasteiger partial charge is 0.218 e. The molecule has 0 aliphatic heterocycles. The highest BCUT2D eigenvalue weighted by Crippen LogP contribution is 2.15. The standard InChI is InChI=1S/C14H15ClN2O2S/c1-17(10-12-6-8-16-9-7-12)20(18,19)11-13-2-4-14(15)5-3-13/h2-9H,10-11H2,1H3. The maximum atomic E-state index is 12.3. The Balaban J connectivity index is 2.08. The van der Waals surface area contributed by atoms with Crippen LogP contribution >= 0.6 is 11.6 Å². The number of benzene rings is 1. The largest absolute Gasteiger partial charge is 0.265 e. The molecule has 0 unspecified atom stereocenters. The minimum Gasteiger partial charge on any atom is -0.265 e. The first-order chi connectivity index (χ1) is 9.47. The van der Waals surface area contributed by atoms with E-state index >= 15 is 0 Å². The molecule has 0 radical (unpaired) electrons. The van der Waals surface area contributed by atoms with Gasteiger partial charge in [-0.15, -0.1) is 0 Å². The van der Waals surface area contributed by atoms with Crippen LogP contribution in [-0.4, -0.2) is 24.8 Å². The van der Waals surface area contributed by atoms with Crippen molar-refractivity contribution < 1.29 is 8.42 Å². The van der Waals surface area contributed by atoms with Gasteiger partial charge in [-0.3, -0.25) is 4.98 Å². The molecule has 0 fully saturated rings. The van der Waals surface area contributed by atoms with Crippen LogP contribution in [0.25, 0.3) is 0 Å². The molecule has 1 heterocycles. The van der Waals surface area contributed by atoms with E-state index in [9.17, 15) is 8.42 Å². The zero-order valence-electron chi connectivity index (χ0n) is 11.0. The van der Waals surface area contributed by atoms with Gasteiger partial charge in [-0.2, -0.15) is 0 Å². The summed E-state index contributed by atoms with van der Waals surface area (Å²) in [5.41, 5.74) is 1.62. The molecule has 6 heteroatoms. The van der Waals surface area contributed by atoms with Crippen LogP contribution in [0.3, 0.4) is 0 Å². The molecule has 20 heavy (non-hydrogen) atoms. The van der Waals surface area contributed by atoms with Crippen LogP contribution in [0.4, 0.5) is 0 Å². The first-order valence-electron chi connectivity index (χ1n) is 6.05. The van der Waals surface area contributed by atoms with Gasteiger partial charge in [-0.1, -0.05) is 23.7 Å². The van der Waals surface area contributed by atoms with Crippen LogP contribution in [0, 0.1) is 0 Å². The fourth-order valence-corrected chi connectivity index (χ4v) is 3.05. The van der Waals surface area contributed by atoms with Gasteiger partial charge in [-0.05, 0) is 35.4 Å². The summed E-state index contributed by atoms with van der Waals surface area (Å²) in [4.78, 5) is 3.91. The molecule has 106 valence electrons. The van der Waals surface area contributed by atoms with Crippen LogP contribution in [0.1, 0.15) is 11.1 Å². The lowest BCUT2D eigenvalue weighted by Gasteiger charge is -2.17. The molecule has 0 bridgehead atoms. The maximum absolute atomic E-state index is 12.3. The zero-order valence-corrected chi connectivity index (χ0v) is 12.6. The van der Waals surface area contributed by atoms with Crippen molar-refractivity contribution in [1.29, 1.82) is 0 Å². The summed E-state index contributed by atoms with van der Waals surface area (Å²) >= 11 is 5.79. The Morgan fingerprint density at radius 3 is 2.25 bits per heavy atom. The quantitative estimate of drug-likeness (QED) is 0.853. The lowest BCUT2D eigenvalue weighted by Crippen LogP contribution is -2.27. The first kappa shape index (κ1) is 15.0. The molecule has 1 aromatic carbocycles. The maximum Gasteiger partial charge on any atom is 0.218 e. The summed E-state index contributed by atoms with van der Waals surface area (Å²) in [5, 5.41) is 0.594. The highest BCUT2D eigenvalue weighted by Gasteiger charge is 2.18. The van der Waals surface area contributed by atoms with Gasteiger partial charge in [-0.25, -0.2) is 12.7 Å². The fourth-order valence-electron chi connectivity index (χ4n) is 1.75. The second-order valence-electron chi connectivity index (χ2n) is 4.49. The van der Waals surface area contributed by atoms with E-state index in [1.165, 1.54) is 4.31 Å². The Bertz CT molecular complexity index is 657. The summed E-state index contributed by atoms with van der Waals surface area (Å²) < 4.78 is 25.9. The number of nitrogens with zero attached hydrogens (tertiary/aromatic N) is 2. The van der Waals surface area contributed by atoms with Crippen LogP contribution < -0.4 is 0 Å². The number of aromatic nitrogens is 1. The number of pyridine rings is 1. The second-order valence-corrected chi connectivity index (χ2v) is 7.01. The molecule has 2 rings (SSSR count). The molecule has 0 N–H and O–H groups in total. The Labute approximate surface area is 124 Å². The van der Waals surface area contributed by atoms with Crippen molar-refractivity contribution in [1.82, 2.24) is 9.29 Å². The average Bonchev–Trinajstić information content (AvgIpc) is 2.42. The van der Waals surface area contributed by atoms with Crippen LogP contribution in [0.15, 0.2) is 48.8 Å². The van der Waals surface area contributed by atoms with Crippen LogP contribution in [-0.2, 0) is 22.3 Å². The van der Waals surface area contributed by atoms with E-state index in [4.69, 9.17) is 11.6 Å². The van der Waals surface area contributed by atoms with Crippen molar-refractivity contribution in [2.75, 3.05) is 7.05 Å². The Morgan fingerprint density at radius 1 is 1.05 bits per heavy atom. The van der Waals surface area contributed by atoms with Crippen molar-refractivity contribution in [3.8, 4) is 0 Å². The second kappa shape index (κ2) is 6.35. The van der Waals surface area contributed by atoms with E-state index in [2.05, 4.69) is 4.98 Å². The van der Waals surface area contributed by atoms with Crippen molar-refractivity contribution in [3.05, 3.63) is 64.9 Å². The molecule has 0 aliphatic carbocycles. The van der Waals surface area contributed by atoms with Gasteiger partial charge in [0.15, 0.2) is 0 Å². The van der Waals surface area contributed by atoms with Crippen molar-refractivity contribution in [3.63, 3.8) is 0 Å². The molecular formula is C14H15ClN2O2S. The molecule has 1 aromatic heterocycles. The topological polar surface area (TPSA) is 50.3 Å². The molecule has 0 amide bonds. The minimum atomic E-state index is -3.35. The SMILES string of the molecule is CN(Cc1ccncc1)S(=O)(=O)Cc1ccc(Cl)cc1. The van der Waals surface area contributed by atoms with Gasteiger partial charge in [0.05, 0.1) is 5.75 Å². The minimum absolute atomic E-state index is 0.0360. The summed E-state index contributed by atoms with van der Waals surface area (Å²) in [5.74, 6) is -0.0360. The number of rotatable bonds is 5. The highest BCUT2D eigenvalue weighted by molar-refractivity contribution is 7.88. The monoisotopic (exact) mass is 310 g/mol. The third-order valence-electron chi connectivity index (χ3n) is 2.89. The third kappa shape index (κ3) is 4.03. The van der Waals surface area contributed by atoms with Gasteiger partial charge < -0.3 is 0 Å². The molecule has 0 saturated heterocycles. The number of hydrogen-bond donors (Lipinski definition) is 0. The van der Waals surface area contributed by atoms with Crippen molar-refractivity contribution in [2.45, 2.75) is 12.3 Å². The van der Waals surface area contributed by atoms with E-state index < -0.39 is 10.0 Å². The summed E-state index contributed by atoms with van der Waals surface area (Å²) in [6.45, 7) is 0.332. The predicted octanol–water partition coefficient (Wildman–Crippen LogP) is 2.70. The van der Waals surface area contributed by atoms with Gasteiger partial charge >= 0.3 is 0 Å². The molecule has 0 saturated carbocycles. The van der Waals surface area contributed by atoms with Crippen LogP contribution in [0.2, 0.25) is 5.02 Å². The van der Waals surface area contributed by atoms with Gasteiger partial charge in [0, 0.05) is 31.0 Å². The van der Waals surface area contributed by atoms with Gasteiger partial charge in [0.25, 0.3) is 0 Å². The summed E-state index contributed by atoms with van der Waals surface area (Å²) in [6.07, 6.45) is 3.30. The highest BCUT2D eigenvalue weighted by atomic mass is 35.5. The predicted molar refractivity (Wildman–Crippen MR) is 79.8 cm³/mol. The molecule has 0 spiro atoms. The molecule has 0 atom stereocenters. The van der Waals surface area contributed by atoms with E-state index in [0.717, 1.165) is 11.1 Å². The number of hydrogen-bond acceptors (Lipinski definition) is 3. The van der Waals surface area contributed by atoms with E-state index in [-0.39, 0.29) is 5.75 Å². The van der Waals surface area contributed by atoms with Gasteiger partial charge in [0.1, 0.15) is 0 Å². The lowest BCUT2D eigenvalue weighted by atomic mass is 10.2. The Kier molecular flexibility index (Phi) is 4.75. The van der Waals surface area contributed by atoms with Gasteiger partial charge in [0.2, 0.25) is 10.0 Å².